The summed E-state index contributed by atoms with van der Waals surface area (Å²) in [4.78, 5) is 41.6. The summed E-state index contributed by atoms with van der Waals surface area (Å²) in [6.45, 7) is 11.3. The van der Waals surface area contributed by atoms with E-state index in [2.05, 4.69) is 19.2 Å². The lowest BCUT2D eigenvalue weighted by atomic mass is 10.1. The molecular formula is C24H45N3O4. The van der Waals surface area contributed by atoms with E-state index in [-0.39, 0.29) is 18.4 Å². The first-order valence-corrected chi connectivity index (χ1v) is 12.2. The molecule has 0 radical (unpaired) electrons. The monoisotopic (exact) mass is 439 g/mol. The summed E-state index contributed by atoms with van der Waals surface area (Å²) >= 11 is 0. The van der Waals surface area contributed by atoms with Crippen molar-refractivity contribution in [1.82, 2.24) is 15.1 Å². The van der Waals surface area contributed by atoms with Crippen molar-refractivity contribution in [1.29, 1.82) is 0 Å². The van der Waals surface area contributed by atoms with E-state index in [0.29, 0.717) is 26.1 Å². The lowest BCUT2D eigenvalue weighted by Crippen LogP contribution is -2.62. The first-order valence-electron chi connectivity index (χ1n) is 12.2. The number of ether oxygens (including phenoxy) is 1. The maximum atomic E-state index is 12.9. The zero-order chi connectivity index (χ0) is 23.3. The summed E-state index contributed by atoms with van der Waals surface area (Å²) in [6, 6.07) is -0.657. The lowest BCUT2D eigenvalue weighted by molar-refractivity contribution is -0.143. The number of nitrogens with zero attached hydrogens (tertiary/aromatic N) is 2. The van der Waals surface area contributed by atoms with Gasteiger partial charge in [0.1, 0.15) is 11.6 Å². The molecule has 0 aromatic heterocycles. The van der Waals surface area contributed by atoms with Crippen molar-refractivity contribution in [3.05, 3.63) is 0 Å². The Labute approximate surface area is 189 Å². The molecular weight excluding hydrogens is 394 g/mol. The van der Waals surface area contributed by atoms with Gasteiger partial charge in [0.15, 0.2) is 0 Å². The van der Waals surface area contributed by atoms with Gasteiger partial charge >= 0.3 is 6.09 Å². The van der Waals surface area contributed by atoms with Crippen molar-refractivity contribution >= 4 is 17.9 Å². The van der Waals surface area contributed by atoms with E-state index in [0.717, 1.165) is 44.9 Å². The molecule has 0 spiro atoms. The SMILES string of the molecule is CCCCCCCC(=O)N1CCN(C(=O)OC(C)(C)C)CC1C(=O)NCCCCCC. The van der Waals surface area contributed by atoms with Gasteiger partial charge in [0.05, 0.1) is 6.54 Å². The first-order chi connectivity index (χ1) is 14.7. The third-order valence-electron chi connectivity index (χ3n) is 5.48. The first kappa shape index (κ1) is 27.2. The molecule has 1 fully saturated rings. The lowest BCUT2D eigenvalue weighted by Gasteiger charge is -2.40. The molecule has 1 N–H and O–H groups in total. The molecule has 1 saturated heterocycles. The number of rotatable bonds is 12. The van der Waals surface area contributed by atoms with Crippen molar-refractivity contribution < 1.29 is 19.1 Å². The second-order valence-electron chi connectivity index (χ2n) is 9.55. The predicted octanol–water partition coefficient (Wildman–Crippen LogP) is 4.49. The van der Waals surface area contributed by atoms with E-state index < -0.39 is 17.7 Å². The molecule has 1 aliphatic rings. The van der Waals surface area contributed by atoms with Crippen LogP contribution in [-0.2, 0) is 14.3 Å². The summed E-state index contributed by atoms with van der Waals surface area (Å²) in [6.07, 6.45) is 9.68. The van der Waals surface area contributed by atoms with Crippen LogP contribution in [0.3, 0.4) is 0 Å². The second-order valence-corrected chi connectivity index (χ2v) is 9.55. The average molecular weight is 440 g/mol. The van der Waals surface area contributed by atoms with Crippen LogP contribution in [0.15, 0.2) is 0 Å². The molecule has 0 aromatic carbocycles. The van der Waals surface area contributed by atoms with Crippen molar-refractivity contribution in [2.75, 3.05) is 26.2 Å². The minimum atomic E-state index is -0.657. The molecule has 1 atom stereocenters. The highest BCUT2D eigenvalue weighted by Crippen LogP contribution is 2.17. The molecule has 0 saturated carbocycles. The minimum absolute atomic E-state index is 0.00599. The second kappa shape index (κ2) is 14.3. The maximum Gasteiger partial charge on any atom is 0.410 e. The molecule has 1 aliphatic heterocycles. The highest BCUT2D eigenvalue weighted by Gasteiger charge is 2.37. The molecule has 1 heterocycles. The summed E-state index contributed by atoms with van der Waals surface area (Å²) in [5, 5.41) is 2.98. The van der Waals surface area contributed by atoms with E-state index in [9.17, 15) is 14.4 Å². The Morgan fingerprint density at radius 2 is 1.52 bits per heavy atom. The molecule has 3 amide bonds. The molecule has 7 heteroatoms. The molecule has 1 rings (SSSR count). The van der Waals surface area contributed by atoms with Gasteiger partial charge in [0, 0.05) is 26.1 Å². The summed E-state index contributed by atoms with van der Waals surface area (Å²) in [7, 11) is 0. The fraction of sp³-hybridized carbons (Fsp3) is 0.875. The van der Waals surface area contributed by atoms with Crippen LogP contribution in [0.4, 0.5) is 4.79 Å². The Morgan fingerprint density at radius 3 is 2.13 bits per heavy atom. The quantitative estimate of drug-likeness (QED) is 0.454. The van der Waals surface area contributed by atoms with Crippen LogP contribution in [0.25, 0.3) is 0 Å². The molecule has 0 aromatic rings. The zero-order valence-corrected chi connectivity index (χ0v) is 20.5. The maximum absolute atomic E-state index is 12.9. The topological polar surface area (TPSA) is 79.0 Å². The largest absolute Gasteiger partial charge is 0.444 e. The molecule has 180 valence electrons. The van der Waals surface area contributed by atoms with E-state index in [4.69, 9.17) is 4.74 Å². The van der Waals surface area contributed by atoms with Gasteiger partial charge in [-0.1, -0.05) is 58.8 Å². The number of nitrogens with one attached hydrogen (secondary N) is 1. The van der Waals surface area contributed by atoms with Crippen LogP contribution in [0.5, 0.6) is 0 Å². The van der Waals surface area contributed by atoms with Gasteiger partial charge < -0.3 is 19.9 Å². The van der Waals surface area contributed by atoms with Crippen LogP contribution in [0, 0.1) is 0 Å². The molecule has 0 aliphatic carbocycles. The molecule has 31 heavy (non-hydrogen) atoms. The van der Waals surface area contributed by atoms with Crippen LogP contribution in [0.2, 0.25) is 0 Å². The summed E-state index contributed by atoms with van der Waals surface area (Å²) in [5.41, 5.74) is -0.598. The fourth-order valence-corrected chi connectivity index (χ4v) is 3.70. The van der Waals surface area contributed by atoms with E-state index in [1.54, 1.807) is 9.80 Å². The van der Waals surface area contributed by atoms with Crippen molar-refractivity contribution in [2.24, 2.45) is 0 Å². The zero-order valence-electron chi connectivity index (χ0n) is 20.5. The van der Waals surface area contributed by atoms with Crippen molar-refractivity contribution in [3.63, 3.8) is 0 Å². The molecule has 7 nitrogen and oxygen atoms in total. The fourth-order valence-electron chi connectivity index (χ4n) is 3.70. The number of carbonyl (C=O) groups is 3. The number of hydrogen-bond acceptors (Lipinski definition) is 4. The third-order valence-corrected chi connectivity index (χ3v) is 5.48. The van der Waals surface area contributed by atoms with Crippen LogP contribution >= 0.6 is 0 Å². The third kappa shape index (κ3) is 10.9. The van der Waals surface area contributed by atoms with E-state index in [1.807, 2.05) is 20.8 Å². The van der Waals surface area contributed by atoms with E-state index in [1.165, 1.54) is 12.8 Å². The predicted molar refractivity (Wildman–Crippen MR) is 124 cm³/mol. The Bertz CT molecular complexity index is 560. The van der Waals surface area contributed by atoms with Gasteiger partial charge in [0.2, 0.25) is 11.8 Å². The van der Waals surface area contributed by atoms with Crippen LogP contribution < -0.4 is 5.32 Å². The normalized spacial score (nSPS) is 16.9. The van der Waals surface area contributed by atoms with Gasteiger partial charge in [-0.15, -0.1) is 0 Å². The van der Waals surface area contributed by atoms with Gasteiger partial charge in [-0.05, 0) is 33.6 Å². The Morgan fingerprint density at radius 1 is 0.903 bits per heavy atom. The average Bonchev–Trinajstić information content (AvgIpc) is 2.71. The molecule has 1 unspecified atom stereocenters. The molecule has 0 bridgehead atoms. The van der Waals surface area contributed by atoms with Gasteiger partial charge in [-0.3, -0.25) is 9.59 Å². The van der Waals surface area contributed by atoms with Gasteiger partial charge in [-0.2, -0.15) is 0 Å². The Hall–Kier alpha value is -1.79. The Kier molecular flexibility index (Phi) is 12.6. The van der Waals surface area contributed by atoms with Crippen LogP contribution in [0.1, 0.15) is 98.8 Å². The number of carbonyl (C=O) groups excluding carboxylic acids is 3. The highest BCUT2D eigenvalue weighted by molar-refractivity contribution is 5.88. The number of hydrogen-bond donors (Lipinski definition) is 1. The number of unbranched alkanes of at least 4 members (excludes halogenated alkanes) is 7. The highest BCUT2D eigenvalue weighted by atomic mass is 16.6. The van der Waals surface area contributed by atoms with Gasteiger partial charge in [-0.25, -0.2) is 4.79 Å². The minimum Gasteiger partial charge on any atom is -0.444 e. The summed E-state index contributed by atoms with van der Waals surface area (Å²) < 4.78 is 5.48. The number of amides is 3. The number of piperazine rings is 1. The summed E-state index contributed by atoms with van der Waals surface area (Å²) in [5.74, 6) is -0.171. The smallest absolute Gasteiger partial charge is 0.410 e. The van der Waals surface area contributed by atoms with Crippen molar-refractivity contribution in [2.45, 2.75) is 110 Å². The Balaban J connectivity index is 2.72. The van der Waals surface area contributed by atoms with Crippen LogP contribution in [-0.4, -0.2) is 65.5 Å². The van der Waals surface area contributed by atoms with E-state index >= 15 is 0 Å². The van der Waals surface area contributed by atoms with Crippen molar-refractivity contribution in [3.8, 4) is 0 Å². The standard InChI is InChI=1S/C24H45N3O4/c1-6-8-10-12-13-15-21(28)27-18-17-26(23(30)31-24(3,4)5)19-20(27)22(29)25-16-14-11-9-7-2/h20H,6-19H2,1-5H3,(H,25,29). The van der Waals surface area contributed by atoms with Gasteiger partial charge in [0.25, 0.3) is 0 Å².